The number of ether oxygens (including phenoxy) is 1. The zero-order valence-corrected chi connectivity index (χ0v) is 13.8. The lowest BCUT2D eigenvalue weighted by atomic mass is 9.70. The Bertz CT molecular complexity index is 458. The number of benzene rings is 1. The summed E-state index contributed by atoms with van der Waals surface area (Å²) < 4.78 is 6.17. The highest BCUT2D eigenvalue weighted by Gasteiger charge is 2.45. The molecule has 1 aromatic carbocycles. The van der Waals surface area contributed by atoms with Gasteiger partial charge in [-0.2, -0.15) is 11.8 Å². The topological polar surface area (TPSA) is 35.2 Å². The van der Waals surface area contributed by atoms with Crippen molar-refractivity contribution in [1.82, 2.24) is 0 Å². The molecule has 0 bridgehead atoms. The third kappa shape index (κ3) is 3.30. The van der Waals surface area contributed by atoms with Gasteiger partial charge in [0.15, 0.2) is 0 Å². The highest BCUT2D eigenvalue weighted by molar-refractivity contribution is 7.99. The Labute approximate surface area is 132 Å². The van der Waals surface area contributed by atoms with Gasteiger partial charge in [0.1, 0.15) is 0 Å². The summed E-state index contributed by atoms with van der Waals surface area (Å²) in [6, 6.07) is 10.7. The van der Waals surface area contributed by atoms with Crippen molar-refractivity contribution in [1.29, 1.82) is 0 Å². The van der Waals surface area contributed by atoms with Crippen molar-refractivity contribution >= 4 is 11.8 Å². The summed E-state index contributed by atoms with van der Waals surface area (Å²) in [7, 11) is 0. The van der Waals surface area contributed by atoms with E-state index < -0.39 is 0 Å². The van der Waals surface area contributed by atoms with Gasteiger partial charge in [-0.3, -0.25) is 0 Å². The molecule has 3 rings (SSSR count). The molecule has 1 aromatic rings. The van der Waals surface area contributed by atoms with E-state index in [0.29, 0.717) is 5.92 Å². The maximum absolute atomic E-state index is 6.89. The van der Waals surface area contributed by atoms with E-state index in [0.717, 1.165) is 38.0 Å². The monoisotopic (exact) mass is 305 g/mol. The molecule has 3 unspecified atom stereocenters. The lowest BCUT2D eigenvalue weighted by molar-refractivity contribution is -0.0929. The van der Waals surface area contributed by atoms with E-state index in [-0.39, 0.29) is 11.1 Å². The van der Waals surface area contributed by atoms with Crippen LogP contribution in [0.4, 0.5) is 0 Å². The standard InChI is InChI=1S/C18H27NOS/c1-2-18(19,12-15-6-4-3-5-7-15)16-8-10-20-17(13-16)9-11-21-14-17/h3-7,16H,2,8-14,19H2,1H3. The van der Waals surface area contributed by atoms with Gasteiger partial charge in [-0.05, 0) is 49.3 Å². The Morgan fingerprint density at radius 3 is 2.86 bits per heavy atom. The third-order valence-corrected chi connectivity index (χ3v) is 6.63. The zero-order valence-electron chi connectivity index (χ0n) is 13.0. The van der Waals surface area contributed by atoms with E-state index in [9.17, 15) is 0 Å². The first kappa shape index (κ1) is 15.4. The second-order valence-electron chi connectivity index (χ2n) is 6.77. The zero-order chi connectivity index (χ0) is 14.8. The SMILES string of the molecule is CCC(N)(Cc1ccccc1)C1CCOC2(CCSC2)C1. The van der Waals surface area contributed by atoms with Crippen LogP contribution >= 0.6 is 11.8 Å². The average molecular weight is 305 g/mol. The van der Waals surface area contributed by atoms with E-state index in [4.69, 9.17) is 10.5 Å². The number of hydrogen-bond donors (Lipinski definition) is 1. The van der Waals surface area contributed by atoms with Crippen LogP contribution < -0.4 is 5.73 Å². The van der Waals surface area contributed by atoms with E-state index in [1.54, 1.807) is 0 Å². The predicted octanol–water partition coefficient (Wildman–Crippen LogP) is 3.64. The largest absolute Gasteiger partial charge is 0.374 e. The van der Waals surface area contributed by atoms with Crippen LogP contribution in [0.2, 0.25) is 0 Å². The van der Waals surface area contributed by atoms with E-state index >= 15 is 0 Å². The molecule has 0 radical (unpaired) electrons. The van der Waals surface area contributed by atoms with E-state index in [1.807, 2.05) is 11.8 Å². The molecule has 1 spiro atoms. The van der Waals surface area contributed by atoms with Gasteiger partial charge in [-0.25, -0.2) is 0 Å². The minimum absolute atomic E-state index is 0.0919. The summed E-state index contributed by atoms with van der Waals surface area (Å²) in [6.07, 6.45) is 5.49. The minimum Gasteiger partial charge on any atom is -0.374 e. The second-order valence-corrected chi connectivity index (χ2v) is 7.88. The van der Waals surface area contributed by atoms with E-state index in [1.165, 1.54) is 17.7 Å². The molecule has 0 aromatic heterocycles. The summed E-state index contributed by atoms with van der Waals surface area (Å²) in [6.45, 7) is 3.13. The molecular weight excluding hydrogens is 278 g/mol. The molecule has 0 saturated carbocycles. The predicted molar refractivity (Wildman–Crippen MR) is 90.7 cm³/mol. The molecule has 116 valence electrons. The van der Waals surface area contributed by atoms with Crippen LogP contribution in [0.1, 0.15) is 38.2 Å². The van der Waals surface area contributed by atoms with Crippen LogP contribution in [0.25, 0.3) is 0 Å². The first-order chi connectivity index (χ1) is 10.2. The summed E-state index contributed by atoms with van der Waals surface area (Å²) in [5, 5.41) is 0. The molecule has 21 heavy (non-hydrogen) atoms. The molecule has 2 N–H and O–H groups in total. The molecule has 0 amide bonds. The highest BCUT2D eigenvalue weighted by atomic mass is 32.2. The quantitative estimate of drug-likeness (QED) is 0.922. The van der Waals surface area contributed by atoms with Gasteiger partial charge in [0, 0.05) is 17.9 Å². The van der Waals surface area contributed by atoms with Gasteiger partial charge in [-0.15, -0.1) is 0 Å². The first-order valence-electron chi connectivity index (χ1n) is 8.20. The fraction of sp³-hybridized carbons (Fsp3) is 0.667. The average Bonchev–Trinajstić information content (AvgIpc) is 2.96. The molecule has 2 saturated heterocycles. The molecule has 3 atom stereocenters. The molecule has 2 nitrogen and oxygen atoms in total. The molecule has 2 aliphatic heterocycles. The Hall–Kier alpha value is -0.510. The lowest BCUT2D eigenvalue weighted by Crippen LogP contribution is -2.54. The Balaban J connectivity index is 1.75. The highest BCUT2D eigenvalue weighted by Crippen LogP contribution is 2.44. The van der Waals surface area contributed by atoms with Crippen molar-refractivity contribution < 1.29 is 4.74 Å². The van der Waals surface area contributed by atoms with Crippen molar-refractivity contribution in [3.63, 3.8) is 0 Å². The molecule has 2 aliphatic rings. The molecule has 2 heterocycles. The van der Waals surface area contributed by atoms with Gasteiger partial charge in [0.25, 0.3) is 0 Å². The maximum Gasteiger partial charge on any atom is 0.0783 e. The van der Waals surface area contributed by atoms with Gasteiger partial charge >= 0.3 is 0 Å². The van der Waals surface area contributed by atoms with Crippen LogP contribution in [0.15, 0.2) is 30.3 Å². The summed E-state index contributed by atoms with van der Waals surface area (Å²) >= 11 is 2.04. The first-order valence-corrected chi connectivity index (χ1v) is 9.36. The smallest absolute Gasteiger partial charge is 0.0783 e. The van der Waals surface area contributed by atoms with Crippen LogP contribution in [0.3, 0.4) is 0 Å². The molecule has 2 fully saturated rings. The Morgan fingerprint density at radius 1 is 1.38 bits per heavy atom. The van der Waals surface area contributed by atoms with Gasteiger partial charge in [0.2, 0.25) is 0 Å². The van der Waals surface area contributed by atoms with Gasteiger partial charge < -0.3 is 10.5 Å². The fourth-order valence-electron chi connectivity index (χ4n) is 3.92. The van der Waals surface area contributed by atoms with Gasteiger partial charge in [-0.1, -0.05) is 37.3 Å². The number of nitrogens with two attached hydrogens (primary N) is 1. The maximum atomic E-state index is 6.89. The Kier molecular flexibility index (Phi) is 4.63. The van der Waals surface area contributed by atoms with Crippen molar-refractivity contribution in [2.24, 2.45) is 11.7 Å². The van der Waals surface area contributed by atoms with Crippen LogP contribution in [0, 0.1) is 5.92 Å². The lowest BCUT2D eigenvalue weighted by Gasteiger charge is -2.46. The van der Waals surface area contributed by atoms with E-state index in [2.05, 4.69) is 37.3 Å². The molecule has 3 heteroatoms. The number of thioether (sulfide) groups is 1. The fourth-order valence-corrected chi connectivity index (χ4v) is 5.29. The number of rotatable bonds is 4. The Morgan fingerprint density at radius 2 is 2.19 bits per heavy atom. The summed E-state index contributed by atoms with van der Waals surface area (Å²) in [5.41, 5.74) is 8.29. The second kappa shape index (κ2) is 6.31. The number of hydrogen-bond acceptors (Lipinski definition) is 3. The normalized spacial score (nSPS) is 32.2. The molecule has 0 aliphatic carbocycles. The molecular formula is C18H27NOS. The van der Waals surface area contributed by atoms with Gasteiger partial charge in [0.05, 0.1) is 5.60 Å². The minimum atomic E-state index is -0.0919. The van der Waals surface area contributed by atoms with Crippen LogP contribution in [0.5, 0.6) is 0 Å². The van der Waals surface area contributed by atoms with Crippen molar-refractivity contribution in [2.75, 3.05) is 18.1 Å². The summed E-state index contributed by atoms with van der Waals surface area (Å²) in [4.78, 5) is 0. The third-order valence-electron chi connectivity index (χ3n) is 5.41. The van der Waals surface area contributed by atoms with Crippen molar-refractivity contribution in [2.45, 2.75) is 50.2 Å². The van der Waals surface area contributed by atoms with Crippen LogP contribution in [-0.4, -0.2) is 29.3 Å². The van der Waals surface area contributed by atoms with Crippen molar-refractivity contribution in [3.8, 4) is 0 Å². The van der Waals surface area contributed by atoms with Crippen LogP contribution in [-0.2, 0) is 11.2 Å². The van der Waals surface area contributed by atoms with Crippen molar-refractivity contribution in [3.05, 3.63) is 35.9 Å². The summed E-state index contributed by atoms with van der Waals surface area (Å²) in [5.74, 6) is 2.99.